The highest BCUT2D eigenvalue weighted by atomic mass is 15.2. The molecule has 0 N–H and O–H groups in total. The molecule has 1 saturated carbocycles. The van der Waals surface area contributed by atoms with Crippen molar-refractivity contribution in [3.63, 3.8) is 0 Å². The molecule has 94 valence electrons. The molecule has 1 aromatic rings. The van der Waals surface area contributed by atoms with Crippen molar-refractivity contribution in [1.82, 2.24) is 0 Å². The highest BCUT2D eigenvalue weighted by Gasteiger charge is 2.43. The van der Waals surface area contributed by atoms with Gasteiger partial charge in [0.15, 0.2) is 0 Å². The van der Waals surface area contributed by atoms with Crippen LogP contribution in [0.4, 0.5) is 5.69 Å². The first-order valence-corrected chi connectivity index (χ1v) is 7.02. The van der Waals surface area contributed by atoms with Crippen LogP contribution in [0.1, 0.15) is 37.7 Å². The van der Waals surface area contributed by atoms with Crippen molar-refractivity contribution in [2.45, 2.75) is 38.5 Å². The molecule has 2 heteroatoms. The fraction of sp³-hybridized carbons (Fsp3) is 0.562. The Kier molecular flexibility index (Phi) is 2.99. The molecule has 2 aliphatic rings. The molecule has 0 bridgehead atoms. The summed E-state index contributed by atoms with van der Waals surface area (Å²) in [6.45, 7) is 2.48. The number of hydrogen-bond acceptors (Lipinski definition) is 2. The molecule has 18 heavy (non-hydrogen) atoms. The summed E-state index contributed by atoms with van der Waals surface area (Å²) in [6.07, 6.45) is 7.66. The smallest absolute Gasteiger partial charge is 0.0669 e. The van der Waals surface area contributed by atoms with Crippen molar-refractivity contribution < 1.29 is 0 Å². The Labute approximate surface area is 109 Å². The Morgan fingerprint density at radius 2 is 1.72 bits per heavy atom. The maximum absolute atomic E-state index is 8.66. The zero-order valence-corrected chi connectivity index (χ0v) is 10.9. The van der Waals surface area contributed by atoms with E-state index in [9.17, 15) is 0 Å². The molecule has 0 radical (unpaired) electrons. The average molecular weight is 240 g/mol. The van der Waals surface area contributed by atoms with Gasteiger partial charge in [0.25, 0.3) is 0 Å². The van der Waals surface area contributed by atoms with E-state index in [2.05, 4.69) is 35.2 Å². The van der Waals surface area contributed by atoms with E-state index in [0.717, 1.165) is 5.56 Å². The summed E-state index contributed by atoms with van der Waals surface area (Å²) >= 11 is 0. The van der Waals surface area contributed by atoms with Crippen molar-refractivity contribution in [2.75, 3.05) is 18.0 Å². The standard InChI is InChI=1S/C16H20N2/c17-11-8-14-4-6-15(7-5-14)18-12-16(13-18)9-2-1-3-10-16/h4-7H,1-3,8-10,12-13H2. The normalized spacial score (nSPS) is 21.4. The van der Waals surface area contributed by atoms with Crippen molar-refractivity contribution in [1.29, 1.82) is 5.26 Å². The highest BCUT2D eigenvalue weighted by Crippen LogP contribution is 2.45. The van der Waals surface area contributed by atoms with Gasteiger partial charge in [-0.15, -0.1) is 0 Å². The van der Waals surface area contributed by atoms with Crippen LogP contribution in [0.25, 0.3) is 0 Å². The summed E-state index contributed by atoms with van der Waals surface area (Å²) in [5.41, 5.74) is 3.09. The van der Waals surface area contributed by atoms with Crippen LogP contribution in [0, 0.1) is 16.7 Å². The van der Waals surface area contributed by atoms with Crippen molar-refractivity contribution in [3.05, 3.63) is 29.8 Å². The van der Waals surface area contributed by atoms with Crippen LogP contribution in [-0.2, 0) is 6.42 Å². The zero-order valence-electron chi connectivity index (χ0n) is 10.9. The van der Waals surface area contributed by atoms with Crippen molar-refractivity contribution in [2.24, 2.45) is 5.41 Å². The van der Waals surface area contributed by atoms with Gasteiger partial charge >= 0.3 is 0 Å². The minimum atomic E-state index is 0.518. The van der Waals surface area contributed by atoms with Gasteiger partial charge in [-0.25, -0.2) is 0 Å². The van der Waals surface area contributed by atoms with Gasteiger partial charge < -0.3 is 4.90 Å². The average Bonchev–Trinajstić information content (AvgIpc) is 2.38. The first-order valence-electron chi connectivity index (χ1n) is 7.02. The lowest BCUT2D eigenvalue weighted by molar-refractivity contribution is 0.139. The molecule has 1 saturated heterocycles. The van der Waals surface area contributed by atoms with Gasteiger partial charge in [0.05, 0.1) is 12.5 Å². The highest BCUT2D eigenvalue weighted by molar-refractivity contribution is 5.51. The third kappa shape index (κ3) is 2.10. The topological polar surface area (TPSA) is 27.0 Å². The number of benzene rings is 1. The van der Waals surface area contributed by atoms with Crippen LogP contribution < -0.4 is 4.90 Å². The molecule has 1 spiro atoms. The lowest BCUT2D eigenvalue weighted by atomic mass is 9.68. The fourth-order valence-corrected chi connectivity index (χ4v) is 3.48. The van der Waals surface area contributed by atoms with Crippen LogP contribution >= 0.6 is 0 Å². The molecule has 0 amide bonds. The Morgan fingerprint density at radius 1 is 1.06 bits per heavy atom. The fourth-order valence-electron chi connectivity index (χ4n) is 3.48. The molecule has 1 aliphatic heterocycles. The van der Waals surface area contributed by atoms with E-state index >= 15 is 0 Å². The Hall–Kier alpha value is -1.49. The molecular weight excluding hydrogens is 220 g/mol. The molecule has 0 aromatic heterocycles. The van der Waals surface area contributed by atoms with E-state index in [1.165, 1.54) is 50.9 Å². The van der Waals surface area contributed by atoms with E-state index < -0.39 is 0 Å². The first kappa shape index (κ1) is 11.6. The van der Waals surface area contributed by atoms with Gasteiger partial charge in [-0.2, -0.15) is 5.26 Å². The second kappa shape index (κ2) is 4.65. The molecule has 1 aliphatic carbocycles. The van der Waals surface area contributed by atoms with Gasteiger partial charge in [-0.05, 0) is 30.5 Å². The van der Waals surface area contributed by atoms with Crippen molar-refractivity contribution in [3.8, 4) is 6.07 Å². The predicted molar refractivity (Wildman–Crippen MR) is 73.5 cm³/mol. The van der Waals surface area contributed by atoms with Crippen molar-refractivity contribution >= 4 is 5.69 Å². The van der Waals surface area contributed by atoms with E-state index in [-0.39, 0.29) is 0 Å². The number of nitriles is 1. The second-order valence-electron chi connectivity index (χ2n) is 5.92. The molecule has 0 unspecified atom stereocenters. The maximum atomic E-state index is 8.66. The van der Waals surface area contributed by atoms with Gasteiger partial charge in [0.2, 0.25) is 0 Å². The van der Waals surface area contributed by atoms with Gasteiger partial charge in [0.1, 0.15) is 0 Å². The van der Waals surface area contributed by atoms with Gasteiger partial charge in [-0.1, -0.05) is 31.4 Å². The molecular formula is C16H20N2. The van der Waals surface area contributed by atoms with Gasteiger partial charge in [0, 0.05) is 24.2 Å². The number of hydrogen-bond donors (Lipinski definition) is 0. The lowest BCUT2D eigenvalue weighted by Gasteiger charge is -2.53. The molecule has 3 rings (SSSR count). The molecule has 2 nitrogen and oxygen atoms in total. The van der Waals surface area contributed by atoms with Crippen LogP contribution in [-0.4, -0.2) is 13.1 Å². The van der Waals surface area contributed by atoms with Crippen LogP contribution in [0.15, 0.2) is 24.3 Å². The summed E-state index contributed by atoms with van der Waals surface area (Å²) in [4.78, 5) is 2.49. The zero-order chi connectivity index (χ0) is 12.4. The largest absolute Gasteiger partial charge is 0.370 e. The minimum absolute atomic E-state index is 0.518. The third-order valence-corrected chi connectivity index (χ3v) is 4.55. The summed E-state index contributed by atoms with van der Waals surface area (Å²) in [6, 6.07) is 10.7. The molecule has 1 heterocycles. The summed E-state index contributed by atoms with van der Waals surface area (Å²) in [7, 11) is 0. The molecule has 0 atom stereocenters. The molecule has 1 aromatic carbocycles. The number of anilines is 1. The maximum Gasteiger partial charge on any atom is 0.0669 e. The predicted octanol–water partition coefficient (Wildman–Crippen LogP) is 3.52. The SMILES string of the molecule is N#CCc1ccc(N2CC3(CCCCC3)C2)cc1. The van der Waals surface area contributed by atoms with Gasteiger partial charge in [-0.3, -0.25) is 0 Å². The Morgan fingerprint density at radius 3 is 2.33 bits per heavy atom. The monoisotopic (exact) mass is 240 g/mol. The lowest BCUT2D eigenvalue weighted by Crippen LogP contribution is -2.57. The quantitative estimate of drug-likeness (QED) is 0.790. The number of nitrogens with zero attached hydrogens (tertiary/aromatic N) is 2. The van der Waals surface area contributed by atoms with Crippen LogP contribution in [0.2, 0.25) is 0 Å². The van der Waals surface area contributed by atoms with Crippen LogP contribution in [0.5, 0.6) is 0 Å². The van der Waals surface area contributed by atoms with Crippen LogP contribution in [0.3, 0.4) is 0 Å². The summed E-state index contributed by atoms with van der Waals surface area (Å²) in [5, 5.41) is 8.66. The minimum Gasteiger partial charge on any atom is -0.370 e. The summed E-state index contributed by atoms with van der Waals surface area (Å²) < 4.78 is 0. The van der Waals surface area contributed by atoms with E-state index in [1.54, 1.807) is 0 Å². The first-order chi connectivity index (χ1) is 8.81. The van der Waals surface area contributed by atoms with E-state index in [1.807, 2.05) is 0 Å². The Balaban J connectivity index is 1.62. The second-order valence-corrected chi connectivity index (χ2v) is 5.92. The van der Waals surface area contributed by atoms with E-state index in [4.69, 9.17) is 5.26 Å². The molecule has 2 fully saturated rings. The van der Waals surface area contributed by atoms with E-state index in [0.29, 0.717) is 11.8 Å². The number of rotatable bonds is 2. The third-order valence-electron chi connectivity index (χ3n) is 4.55. The summed E-state index contributed by atoms with van der Waals surface area (Å²) in [5.74, 6) is 0. The Bertz CT molecular complexity index is 441.